The van der Waals surface area contributed by atoms with Crippen molar-refractivity contribution in [1.82, 2.24) is 4.98 Å². The number of nitriles is 1. The molecule has 0 saturated carbocycles. The number of carboxylic acid groups (broad SMARTS) is 1. The summed E-state index contributed by atoms with van der Waals surface area (Å²) in [6.07, 6.45) is 3.28. The number of carboxylic acids is 1. The van der Waals surface area contributed by atoms with Gasteiger partial charge in [-0.05, 0) is 59.9 Å². The predicted octanol–water partition coefficient (Wildman–Crippen LogP) is 4.64. The smallest absolute Gasteiger partial charge is 0.323 e. The van der Waals surface area contributed by atoms with Crippen LogP contribution in [0.5, 0.6) is 0 Å². The number of hydrogen-bond acceptors (Lipinski definition) is 4. The van der Waals surface area contributed by atoms with E-state index in [0.29, 0.717) is 11.4 Å². The molecule has 0 amide bonds. The molecule has 3 rings (SSSR count). The average Bonchev–Trinajstić information content (AvgIpc) is 2.71. The number of nitrogens with zero attached hydrogens (tertiary/aromatic N) is 3. The highest BCUT2D eigenvalue weighted by Gasteiger charge is 2.13. The lowest BCUT2D eigenvalue weighted by atomic mass is 9.97. The largest absolute Gasteiger partial charge is 0.480 e. The van der Waals surface area contributed by atoms with Gasteiger partial charge in [0.05, 0.1) is 17.1 Å². The predicted molar refractivity (Wildman–Crippen MR) is 111 cm³/mol. The fourth-order valence-corrected chi connectivity index (χ4v) is 3.24. The van der Waals surface area contributed by atoms with Gasteiger partial charge in [-0.1, -0.05) is 31.5 Å². The van der Waals surface area contributed by atoms with Crippen molar-refractivity contribution in [1.29, 1.82) is 5.26 Å². The number of fused-ring (bicyclic) bond motifs is 1. The van der Waals surface area contributed by atoms with Crippen molar-refractivity contribution < 1.29 is 9.90 Å². The molecule has 5 heteroatoms. The third kappa shape index (κ3) is 4.29. The topological polar surface area (TPSA) is 77.2 Å². The first-order chi connectivity index (χ1) is 13.5. The number of rotatable bonds is 7. The molecule has 1 aromatic heterocycles. The van der Waals surface area contributed by atoms with Crippen LogP contribution in [-0.2, 0) is 11.2 Å². The Hall–Kier alpha value is -3.39. The molecule has 0 fully saturated rings. The molecular weight excluding hydrogens is 350 g/mol. The quantitative estimate of drug-likeness (QED) is 0.653. The molecule has 5 nitrogen and oxygen atoms in total. The van der Waals surface area contributed by atoms with Gasteiger partial charge in [0, 0.05) is 12.4 Å². The van der Waals surface area contributed by atoms with Crippen molar-refractivity contribution in [3.05, 3.63) is 59.7 Å². The van der Waals surface area contributed by atoms with Crippen molar-refractivity contribution >= 4 is 22.7 Å². The summed E-state index contributed by atoms with van der Waals surface area (Å²) in [5, 5.41) is 19.2. The molecule has 28 heavy (non-hydrogen) atoms. The van der Waals surface area contributed by atoms with E-state index in [1.54, 1.807) is 24.1 Å². The Bertz CT molecular complexity index is 1040. The zero-order valence-electron chi connectivity index (χ0n) is 16.1. The number of unbranched alkanes of at least 4 members (excludes halogenated alkanes) is 1. The van der Waals surface area contributed by atoms with E-state index in [1.165, 1.54) is 5.56 Å². The highest BCUT2D eigenvalue weighted by atomic mass is 16.4. The Labute approximate surface area is 164 Å². The number of anilines is 1. The zero-order valence-corrected chi connectivity index (χ0v) is 16.1. The Balaban J connectivity index is 2.16. The van der Waals surface area contributed by atoms with Crippen LogP contribution in [0, 0.1) is 11.3 Å². The highest BCUT2D eigenvalue weighted by molar-refractivity contribution is 5.96. The van der Waals surface area contributed by atoms with Gasteiger partial charge in [-0.2, -0.15) is 5.26 Å². The van der Waals surface area contributed by atoms with E-state index >= 15 is 0 Å². The molecule has 0 spiro atoms. The Kier molecular flexibility index (Phi) is 5.90. The maximum absolute atomic E-state index is 11.1. The number of benzene rings is 2. The van der Waals surface area contributed by atoms with Gasteiger partial charge in [0.2, 0.25) is 0 Å². The molecule has 0 saturated heterocycles. The van der Waals surface area contributed by atoms with Crippen LogP contribution >= 0.6 is 0 Å². The van der Waals surface area contributed by atoms with Gasteiger partial charge in [-0.25, -0.2) is 4.98 Å². The first-order valence-corrected chi connectivity index (χ1v) is 9.39. The monoisotopic (exact) mass is 373 g/mol. The van der Waals surface area contributed by atoms with E-state index in [-0.39, 0.29) is 6.54 Å². The van der Waals surface area contributed by atoms with Crippen molar-refractivity contribution in [3.63, 3.8) is 0 Å². The van der Waals surface area contributed by atoms with Crippen molar-refractivity contribution in [2.45, 2.75) is 26.2 Å². The first kappa shape index (κ1) is 19.4. The molecule has 3 aromatic rings. The second kappa shape index (κ2) is 8.53. The molecule has 0 atom stereocenters. The second-order valence-corrected chi connectivity index (χ2v) is 6.92. The molecule has 2 aromatic carbocycles. The van der Waals surface area contributed by atoms with Crippen molar-refractivity contribution in [2.24, 2.45) is 0 Å². The van der Waals surface area contributed by atoms with Gasteiger partial charge in [0.25, 0.3) is 0 Å². The van der Waals surface area contributed by atoms with Gasteiger partial charge in [-0.3, -0.25) is 4.79 Å². The minimum atomic E-state index is -0.903. The van der Waals surface area contributed by atoms with Crippen LogP contribution in [0.2, 0.25) is 0 Å². The third-order valence-electron chi connectivity index (χ3n) is 4.77. The van der Waals surface area contributed by atoms with Crippen molar-refractivity contribution in [2.75, 3.05) is 18.5 Å². The van der Waals surface area contributed by atoms with Crippen LogP contribution in [0.1, 0.15) is 30.9 Å². The SMILES string of the molecule is CCCCc1ccc2nc(N(C)CC(=O)O)cc(-c3ccc(C#N)cc3)c2c1. The second-order valence-electron chi connectivity index (χ2n) is 6.92. The van der Waals surface area contributed by atoms with Gasteiger partial charge in [0.1, 0.15) is 12.4 Å². The minimum absolute atomic E-state index is 0.125. The summed E-state index contributed by atoms with van der Waals surface area (Å²) in [5.74, 6) is -0.296. The number of aliphatic carboxylic acids is 1. The van der Waals surface area contributed by atoms with E-state index in [4.69, 9.17) is 10.4 Å². The molecule has 0 bridgehead atoms. The van der Waals surface area contributed by atoms with E-state index in [9.17, 15) is 4.79 Å². The number of carbonyl (C=O) groups is 1. The van der Waals surface area contributed by atoms with E-state index in [2.05, 4.69) is 30.1 Å². The Morgan fingerprint density at radius 1 is 1.18 bits per heavy atom. The summed E-state index contributed by atoms with van der Waals surface area (Å²) < 4.78 is 0. The van der Waals surface area contributed by atoms with Crippen LogP contribution in [0.4, 0.5) is 5.82 Å². The zero-order chi connectivity index (χ0) is 20.1. The van der Waals surface area contributed by atoms with Crippen LogP contribution < -0.4 is 4.90 Å². The number of aromatic nitrogens is 1. The number of pyridine rings is 1. The molecular formula is C23H23N3O2. The van der Waals surface area contributed by atoms with Crippen LogP contribution in [0.15, 0.2) is 48.5 Å². The van der Waals surface area contributed by atoms with E-state index < -0.39 is 5.97 Å². The standard InChI is InChI=1S/C23H23N3O2/c1-3-4-5-16-8-11-21-20(12-16)19(18-9-6-17(14-24)7-10-18)13-22(25-21)26(2)15-23(27)28/h6-13H,3-5,15H2,1-2H3,(H,27,28). The summed E-state index contributed by atoms with van der Waals surface area (Å²) in [6, 6.07) is 17.8. The third-order valence-corrected chi connectivity index (χ3v) is 4.77. The van der Waals surface area contributed by atoms with Gasteiger partial charge < -0.3 is 10.0 Å². The van der Waals surface area contributed by atoms with Crippen LogP contribution in [-0.4, -0.2) is 29.7 Å². The minimum Gasteiger partial charge on any atom is -0.480 e. The molecule has 0 aliphatic carbocycles. The first-order valence-electron chi connectivity index (χ1n) is 9.39. The van der Waals surface area contributed by atoms with Crippen LogP contribution in [0.3, 0.4) is 0 Å². The lowest BCUT2D eigenvalue weighted by Gasteiger charge is -2.18. The molecule has 1 N–H and O–H groups in total. The maximum Gasteiger partial charge on any atom is 0.323 e. The normalized spacial score (nSPS) is 10.6. The van der Waals surface area contributed by atoms with Gasteiger partial charge >= 0.3 is 5.97 Å². The molecule has 0 radical (unpaired) electrons. The molecule has 1 heterocycles. The average molecular weight is 373 g/mol. The van der Waals surface area contributed by atoms with E-state index in [0.717, 1.165) is 41.3 Å². The Morgan fingerprint density at radius 3 is 2.57 bits per heavy atom. The lowest BCUT2D eigenvalue weighted by Crippen LogP contribution is -2.26. The molecule has 0 aliphatic rings. The molecule has 142 valence electrons. The summed E-state index contributed by atoms with van der Waals surface area (Å²) in [5.41, 5.74) is 4.66. The number of likely N-dealkylation sites (N-methyl/N-ethyl adjacent to an activating group) is 1. The van der Waals surface area contributed by atoms with Crippen molar-refractivity contribution in [3.8, 4) is 17.2 Å². The fraction of sp³-hybridized carbons (Fsp3) is 0.261. The summed E-state index contributed by atoms with van der Waals surface area (Å²) >= 11 is 0. The number of hydrogen-bond donors (Lipinski definition) is 1. The highest BCUT2D eigenvalue weighted by Crippen LogP contribution is 2.32. The summed E-state index contributed by atoms with van der Waals surface area (Å²) in [4.78, 5) is 17.4. The Morgan fingerprint density at radius 2 is 1.93 bits per heavy atom. The lowest BCUT2D eigenvalue weighted by molar-refractivity contribution is -0.135. The summed E-state index contributed by atoms with van der Waals surface area (Å²) in [6.45, 7) is 2.05. The van der Waals surface area contributed by atoms with Gasteiger partial charge in [0.15, 0.2) is 0 Å². The van der Waals surface area contributed by atoms with Crippen LogP contribution in [0.25, 0.3) is 22.0 Å². The maximum atomic E-state index is 11.1. The number of aryl methyl sites for hydroxylation is 1. The summed E-state index contributed by atoms with van der Waals surface area (Å²) in [7, 11) is 1.72. The fourth-order valence-electron chi connectivity index (χ4n) is 3.24. The molecule has 0 aliphatic heterocycles. The van der Waals surface area contributed by atoms with E-state index in [1.807, 2.05) is 24.3 Å². The van der Waals surface area contributed by atoms with Gasteiger partial charge in [-0.15, -0.1) is 0 Å². The molecule has 0 unspecified atom stereocenters.